The van der Waals surface area contributed by atoms with E-state index in [0.717, 1.165) is 18.4 Å². The summed E-state index contributed by atoms with van der Waals surface area (Å²) in [4.78, 5) is 17.2. The number of hydrogen-bond acceptors (Lipinski definition) is 3. The smallest absolute Gasteiger partial charge is 0.264 e. The minimum Gasteiger partial charge on any atom is -0.301 e. The Labute approximate surface area is 137 Å². The molecule has 3 rings (SSSR count). The molecule has 6 heteroatoms. The van der Waals surface area contributed by atoms with Gasteiger partial charge in [0.25, 0.3) is 5.91 Å². The highest BCUT2D eigenvalue weighted by Crippen LogP contribution is 2.30. The molecule has 1 aromatic rings. The second-order valence-electron chi connectivity index (χ2n) is 5.11. The lowest BCUT2D eigenvalue weighted by Gasteiger charge is -2.02. The molecular formula is C15H14Cl2N2OS. The molecule has 0 aromatic heterocycles. The largest absolute Gasteiger partial charge is 0.301 e. The average Bonchev–Trinajstić information content (AvgIpc) is 3.05. The maximum atomic E-state index is 12.0. The van der Waals surface area contributed by atoms with Crippen LogP contribution in [0.4, 0.5) is 0 Å². The molecule has 3 nitrogen and oxygen atoms in total. The Hall–Kier alpha value is -0.970. The van der Waals surface area contributed by atoms with Gasteiger partial charge in [0.1, 0.15) is 0 Å². The second-order valence-corrected chi connectivity index (χ2v) is 6.96. The van der Waals surface area contributed by atoms with Gasteiger partial charge in [0.15, 0.2) is 5.17 Å². The predicted octanol–water partition coefficient (Wildman–Crippen LogP) is 4.50. The van der Waals surface area contributed by atoms with Crippen molar-refractivity contribution in [1.29, 1.82) is 0 Å². The molecule has 1 saturated carbocycles. The molecule has 21 heavy (non-hydrogen) atoms. The molecule has 0 radical (unpaired) electrons. The van der Waals surface area contributed by atoms with Gasteiger partial charge in [-0.3, -0.25) is 9.79 Å². The summed E-state index contributed by atoms with van der Waals surface area (Å²) in [6.45, 7) is 0. The molecule has 1 N–H and O–H groups in total. The van der Waals surface area contributed by atoms with E-state index in [2.05, 4.69) is 10.3 Å². The summed E-state index contributed by atoms with van der Waals surface area (Å²) in [6.07, 6.45) is 6.50. The summed E-state index contributed by atoms with van der Waals surface area (Å²) >= 11 is 13.3. The number of rotatable bonds is 2. The SMILES string of the molecule is O=C1NC(=NC2CCCC2)S/C1=C\c1ccc(Cl)c(Cl)c1. The summed E-state index contributed by atoms with van der Waals surface area (Å²) in [5, 5.41) is 4.52. The van der Waals surface area contributed by atoms with E-state index >= 15 is 0 Å². The minimum atomic E-state index is -0.109. The van der Waals surface area contributed by atoms with Crippen LogP contribution in [0.2, 0.25) is 10.0 Å². The lowest BCUT2D eigenvalue weighted by atomic mass is 10.2. The van der Waals surface area contributed by atoms with E-state index in [9.17, 15) is 4.79 Å². The van der Waals surface area contributed by atoms with Gasteiger partial charge in [-0.2, -0.15) is 0 Å². The van der Waals surface area contributed by atoms with Gasteiger partial charge in [-0.15, -0.1) is 0 Å². The highest BCUT2D eigenvalue weighted by Gasteiger charge is 2.25. The number of carbonyl (C=O) groups excluding carboxylic acids is 1. The third-order valence-corrected chi connectivity index (χ3v) is 5.18. The first kappa shape index (κ1) is 14.9. The minimum absolute atomic E-state index is 0.109. The van der Waals surface area contributed by atoms with Crippen LogP contribution in [0.3, 0.4) is 0 Å². The Morgan fingerprint density at radius 2 is 2.00 bits per heavy atom. The predicted molar refractivity (Wildman–Crippen MR) is 89.9 cm³/mol. The van der Waals surface area contributed by atoms with Gasteiger partial charge in [0.2, 0.25) is 0 Å². The Bertz CT molecular complexity index is 637. The number of nitrogens with zero attached hydrogens (tertiary/aromatic N) is 1. The number of aliphatic imine (C=N–C) groups is 1. The van der Waals surface area contributed by atoms with Gasteiger partial charge in [-0.25, -0.2) is 0 Å². The van der Waals surface area contributed by atoms with E-state index < -0.39 is 0 Å². The van der Waals surface area contributed by atoms with Gasteiger partial charge in [-0.1, -0.05) is 42.1 Å². The van der Waals surface area contributed by atoms with Crippen LogP contribution in [0.5, 0.6) is 0 Å². The zero-order valence-corrected chi connectivity index (χ0v) is 13.6. The highest BCUT2D eigenvalue weighted by molar-refractivity contribution is 8.18. The first-order valence-corrected chi connectivity index (χ1v) is 8.43. The van der Waals surface area contributed by atoms with Gasteiger partial charge < -0.3 is 5.32 Å². The van der Waals surface area contributed by atoms with Crippen molar-refractivity contribution in [3.05, 3.63) is 38.7 Å². The molecule has 0 unspecified atom stereocenters. The molecule has 2 fully saturated rings. The van der Waals surface area contributed by atoms with Gasteiger partial charge in [-0.05, 0) is 48.4 Å². The number of hydrogen-bond donors (Lipinski definition) is 1. The molecule has 0 spiro atoms. The summed E-state index contributed by atoms with van der Waals surface area (Å²) in [5.74, 6) is -0.109. The van der Waals surface area contributed by atoms with Crippen LogP contribution < -0.4 is 5.32 Å². The quantitative estimate of drug-likeness (QED) is 0.805. The summed E-state index contributed by atoms with van der Waals surface area (Å²) in [6, 6.07) is 5.66. The number of amidine groups is 1. The second kappa shape index (κ2) is 6.42. The standard InChI is InChI=1S/C15H14Cl2N2OS/c16-11-6-5-9(7-12(11)17)8-13-14(20)19-15(21-13)18-10-3-1-2-4-10/h5-8,10H,1-4H2,(H,18,19,20)/b13-8-. The fourth-order valence-corrected chi connectivity index (χ4v) is 3.64. The Balaban J connectivity index is 1.77. The molecule has 2 aliphatic rings. The molecule has 1 heterocycles. The van der Waals surface area contributed by atoms with E-state index in [1.54, 1.807) is 18.2 Å². The van der Waals surface area contributed by atoms with Crippen LogP contribution >= 0.6 is 35.0 Å². The first-order chi connectivity index (χ1) is 10.1. The fourth-order valence-electron chi connectivity index (χ4n) is 2.44. The number of thioether (sulfide) groups is 1. The highest BCUT2D eigenvalue weighted by atomic mass is 35.5. The third kappa shape index (κ3) is 3.62. The van der Waals surface area contributed by atoms with Crippen LogP contribution in [0, 0.1) is 0 Å². The zero-order chi connectivity index (χ0) is 14.8. The van der Waals surface area contributed by atoms with Crippen LogP contribution in [-0.2, 0) is 4.79 Å². The number of benzene rings is 1. The van der Waals surface area contributed by atoms with Gasteiger partial charge in [0.05, 0.1) is 21.0 Å². The van der Waals surface area contributed by atoms with Crippen LogP contribution in [0.15, 0.2) is 28.1 Å². The normalized spacial score (nSPS) is 23.2. The molecule has 1 aliphatic carbocycles. The number of amides is 1. The molecule has 1 amide bonds. The summed E-state index contributed by atoms with van der Waals surface area (Å²) in [7, 11) is 0. The van der Waals surface area contributed by atoms with Crippen molar-refractivity contribution >= 4 is 52.1 Å². The van der Waals surface area contributed by atoms with Crippen molar-refractivity contribution in [1.82, 2.24) is 5.32 Å². The zero-order valence-electron chi connectivity index (χ0n) is 11.2. The van der Waals surface area contributed by atoms with E-state index in [1.807, 2.05) is 6.07 Å². The molecule has 110 valence electrons. The molecular weight excluding hydrogens is 327 g/mol. The monoisotopic (exact) mass is 340 g/mol. The van der Waals surface area contributed by atoms with E-state index in [-0.39, 0.29) is 5.91 Å². The van der Waals surface area contributed by atoms with E-state index in [1.165, 1.54) is 24.6 Å². The Kier molecular flexibility index (Phi) is 4.57. The summed E-state index contributed by atoms with van der Waals surface area (Å²) in [5.41, 5.74) is 0.851. The van der Waals surface area contributed by atoms with Crippen LogP contribution in [-0.4, -0.2) is 17.1 Å². The molecule has 1 aliphatic heterocycles. The lowest BCUT2D eigenvalue weighted by Crippen LogP contribution is -2.21. The molecule has 0 bridgehead atoms. The van der Waals surface area contributed by atoms with Crippen molar-refractivity contribution in [2.45, 2.75) is 31.7 Å². The van der Waals surface area contributed by atoms with Crippen LogP contribution in [0.1, 0.15) is 31.2 Å². The van der Waals surface area contributed by atoms with Gasteiger partial charge >= 0.3 is 0 Å². The Morgan fingerprint density at radius 3 is 2.71 bits per heavy atom. The maximum Gasteiger partial charge on any atom is 0.264 e. The molecule has 0 atom stereocenters. The van der Waals surface area contributed by atoms with E-state index in [0.29, 0.717) is 26.2 Å². The topological polar surface area (TPSA) is 41.5 Å². The summed E-state index contributed by atoms with van der Waals surface area (Å²) < 4.78 is 0. The first-order valence-electron chi connectivity index (χ1n) is 6.85. The fraction of sp³-hybridized carbons (Fsp3) is 0.333. The number of nitrogens with one attached hydrogen (secondary N) is 1. The third-order valence-electron chi connectivity index (χ3n) is 3.52. The van der Waals surface area contributed by atoms with Gasteiger partial charge in [0, 0.05) is 0 Å². The van der Waals surface area contributed by atoms with Crippen molar-refractivity contribution < 1.29 is 4.79 Å². The van der Waals surface area contributed by atoms with Crippen molar-refractivity contribution in [3.8, 4) is 0 Å². The van der Waals surface area contributed by atoms with Crippen molar-refractivity contribution in [2.24, 2.45) is 4.99 Å². The molecule has 1 aromatic carbocycles. The van der Waals surface area contributed by atoms with Crippen LogP contribution in [0.25, 0.3) is 6.08 Å². The molecule has 1 saturated heterocycles. The lowest BCUT2D eigenvalue weighted by molar-refractivity contribution is -0.115. The van der Waals surface area contributed by atoms with Crippen molar-refractivity contribution in [3.63, 3.8) is 0 Å². The number of halogens is 2. The van der Waals surface area contributed by atoms with Crippen molar-refractivity contribution in [2.75, 3.05) is 0 Å². The number of carbonyl (C=O) groups is 1. The van der Waals surface area contributed by atoms with E-state index in [4.69, 9.17) is 23.2 Å². The average molecular weight is 341 g/mol. The Morgan fingerprint density at radius 1 is 1.24 bits per heavy atom. The maximum absolute atomic E-state index is 12.0.